The Balaban J connectivity index is 1.81. The highest BCUT2D eigenvalue weighted by Crippen LogP contribution is 2.38. The van der Waals surface area contributed by atoms with Crippen LogP contribution in [0.2, 0.25) is 0 Å². The summed E-state index contributed by atoms with van der Waals surface area (Å²) in [6, 6.07) is 9.91. The van der Waals surface area contributed by atoms with E-state index in [0.29, 0.717) is 11.5 Å². The van der Waals surface area contributed by atoms with E-state index in [0.717, 1.165) is 12.0 Å². The van der Waals surface area contributed by atoms with Crippen molar-refractivity contribution in [1.82, 2.24) is 0 Å². The molecule has 0 aromatic heterocycles. The molecule has 1 saturated carbocycles. The average molecular weight is 358 g/mol. The molecule has 0 spiro atoms. The summed E-state index contributed by atoms with van der Waals surface area (Å²) in [7, 11) is 0. The highest BCUT2D eigenvalue weighted by Gasteiger charge is 2.23. The fourth-order valence-corrected chi connectivity index (χ4v) is 4.13. The molecule has 0 aliphatic heterocycles. The molecule has 0 saturated heterocycles. The summed E-state index contributed by atoms with van der Waals surface area (Å²) < 4.78 is 27.3. The van der Waals surface area contributed by atoms with Crippen molar-refractivity contribution in [3.63, 3.8) is 0 Å². The first-order chi connectivity index (χ1) is 12.5. The molecule has 0 heterocycles. The number of hydrogen-bond donors (Lipinski definition) is 1. The second-order valence-corrected chi connectivity index (χ2v) is 7.22. The van der Waals surface area contributed by atoms with E-state index < -0.39 is 23.2 Å². The van der Waals surface area contributed by atoms with Crippen LogP contribution in [-0.2, 0) is 0 Å². The zero-order valence-electron chi connectivity index (χ0n) is 15.0. The number of halogens is 2. The van der Waals surface area contributed by atoms with Gasteiger partial charge in [0.15, 0.2) is 11.6 Å². The number of benzene rings is 2. The van der Waals surface area contributed by atoms with Crippen LogP contribution < -0.4 is 0 Å². The van der Waals surface area contributed by atoms with Gasteiger partial charge in [-0.3, -0.25) is 0 Å². The third-order valence-corrected chi connectivity index (χ3v) is 5.55. The Hall–Kier alpha value is -2.23. The van der Waals surface area contributed by atoms with Crippen molar-refractivity contribution in [2.45, 2.75) is 51.4 Å². The van der Waals surface area contributed by atoms with Crippen molar-refractivity contribution >= 4 is 5.97 Å². The quantitative estimate of drug-likeness (QED) is 0.671. The zero-order valence-corrected chi connectivity index (χ0v) is 15.0. The van der Waals surface area contributed by atoms with Gasteiger partial charge >= 0.3 is 5.97 Å². The Bertz CT molecular complexity index is 775. The lowest BCUT2D eigenvalue weighted by atomic mass is 9.77. The van der Waals surface area contributed by atoms with Crippen LogP contribution in [0.4, 0.5) is 8.78 Å². The van der Waals surface area contributed by atoms with Gasteiger partial charge in [0.25, 0.3) is 0 Å². The van der Waals surface area contributed by atoms with Crippen molar-refractivity contribution < 1.29 is 18.7 Å². The summed E-state index contributed by atoms with van der Waals surface area (Å²) in [6.45, 7) is 2.23. The molecule has 0 radical (unpaired) electrons. The number of rotatable bonds is 5. The summed E-state index contributed by atoms with van der Waals surface area (Å²) in [5, 5.41) is 9.25. The van der Waals surface area contributed by atoms with Gasteiger partial charge in [-0.1, -0.05) is 50.1 Å². The first-order valence-corrected chi connectivity index (χ1v) is 9.32. The SMILES string of the molecule is CCCC1CCC(c2ccc(-c3ccc(F)c(F)c3C(=O)O)cc2)CC1. The largest absolute Gasteiger partial charge is 0.478 e. The second-order valence-electron chi connectivity index (χ2n) is 7.22. The van der Waals surface area contributed by atoms with Crippen LogP contribution >= 0.6 is 0 Å². The summed E-state index contributed by atoms with van der Waals surface area (Å²) in [5.41, 5.74) is 1.42. The van der Waals surface area contributed by atoms with Crippen LogP contribution in [0.3, 0.4) is 0 Å². The van der Waals surface area contributed by atoms with Crippen LogP contribution in [0.1, 0.15) is 67.3 Å². The van der Waals surface area contributed by atoms with Gasteiger partial charge in [-0.25, -0.2) is 13.6 Å². The lowest BCUT2D eigenvalue weighted by molar-refractivity contribution is 0.0691. The molecule has 26 heavy (non-hydrogen) atoms. The fraction of sp³-hybridized carbons (Fsp3) is 0.409. The molecule has 4 heteroatoms. The Morgan fingerprint density at radius 2 is 1.69 bits per heavy atom. The molecule has 2 aromatic rings. The molecular formula is C22H24F2O2. The molecule has 138 valence electrons. The van der Waals surface area contributed by atoms with Gasteiger partial charge in [0, 0.05) is 0 Å². The van der Waals surface area contributed by atoms with Crippen LogP contribution in [0.15, 0.2) is 36.4 Å². The van der Waals surface area contributed by atoms with Crippen LogP contribution in [-0.4, -0.2) is 11.1 Å². The lowest BCUT2D eigenvalue weighted by Gasteiger charge is -2.28. The predicted molar refractivity (Wildman–Crippen MR) is 98.4 cm³/mol. The molecule has 1 fully saturated rings. The molecule has 0 unspecified atom stereocenters. The maximum atomic E-state index is 13.9. The molecule has 0 amide bonds. The number of hydrogen-bond acceptors (Lipinski definition) is 1. The maximum absolute atomic E-state index is 13.9. The number of carboxylic acid groups (broad SMARTS) is 1. The fourth-order valence-electron chi connectivity index (χ4n) is 4.13. The monoisotopic (exact) mass is 358 g/mol. The van der Waals surface area contributed by atoms with Crippen molar-refractivity contribution in [3.05, 3.63) is 59.2 Å². The molecule has 0 atom stereocenters. The van der Waals surface area contributed by atoms with E-state index in [1.54, 1.807) is 0 Å². The normalized spacial score (nSPS) is 20.1. The Morgan fingerprint density at radius 3 is 2.27 bits per heavy atom. The van der Waals surface area contributed by atoms with Crippen molar-refractivity contribution in [1.29, 1.82) is 0 Å². The lowest BCUT2D eigenvalue weighted by Crippen LogP contribution is -2.13. The molecule has 3 rings (SSSR count). The van der Waals surface area contributed by atoms with Gasteiger partial charge in [-0.15, -0.1) is 0 Å². The van der Waals surface area contributed by atoms with Gasteiger partial charge in [0.1, 0.15) is 5.56 Å². The summed E-state index contributed by atoms with van der Waals surface area (Å²) in [5.74, 6) is -2.55. The maximum Gasteiger partial charge on any atom is 0.339 e. The molecule has 1 aliphatic carbocycles. The second kappa shape index (κ2) is 7.98. The number of carbonyl (C=O) groups is 1. The van der Waals surface area contributed by atoms with E-state index >= 15 is 0 Å². The first kappa shape index (κ1) is 18.6. The van der Waals surface area contributed by atoms with E-state index in [2.05, 4.69) is 6.92 Å². The average Bonchev–Trinajstić information content (AvgIpc) is 2.64. The summed E-state index contributed by atoms with van der Waals surface area (Å²) in [4.78, 5) is 11.4. The number of carboxylic acids is 1. The topological polar surface area (TPSA) is 37.3 Å². The van der Waals surface area contributed by atoms with E-state index in [4.69, 9.17) is 0 Å². The summed E-state index contributed by atoms with van der Waals surface area (Å²) in [6.07, 6.45) is 7.41. The molecular weight excluding hydrogens is 334 g/mol. The van der Waals surface area contributed by atoms with Crippen molar-refractivity contribution in [2.75, 3.05) is 0 Å². The predicted octanol–water partition coefficient (Wildman–Crippen LogP) is 6.40. The van der Waals surface area contributed by atoms with Gasteiger partial charge in [-0.05, 0) is 60.3 Å². The van der Waals surface area contributed by atoms with Gasteiger partial charge in [0.2, 0.25) is 0 Å². The standard InChI is InChI=1S/C22H24F2O2/c1-2-3-14-4-6-15(7-5-14)16-8-10-17(11-9-16)18-12-13-19(23)21(24)20(18)22(25)26/h8-15H,2-7H2,1H3,(H,25,26). The molecule has 2 nitrogen and oxygen atoms in total. The molecule has 1 aliphatic rings. The van der Waals surface area contributed by atoms with Crippen LogP contribution in [0.25, 0.3) is 11.1 Å². The highest BCUT2D eigenvalue weighted by atomic mass is 19.2. The minimum Gasteiger partial charge on any atom is -0.478 e. The smallest absolute Gasteiger partial charge is 0.339 e. The Morgan fingerprint density at radius 1 is 1.04 bits per heavy atom. The van der Waals surface area contributed by atoms with Crippen molar-refractivity contribution in [2.24, 2.45) is 5.92 Å². The molecule has 1 N–H and O–H groups in total. The third-order valence-electron chi connectivity index (χ3n) is 5.55. The number of aromatic carboxylic acids is 1. The third kappa shape index (κ3) is 3.79. The van der Waals surface area contributed by atoms with E-state index in [9.17, 15) is 18.7 Å². The minimum atomic E-state index is -1.46. The van der Waals surface area contributed by atoms with Gasteiger partial charge in [0.05, 0.1) is 0 Å². The van der Waals surface area contributed by atoms with Crippen LogP contribution in [0, 0.1) is 17.6 Å². The van der Waals surface area contributed by atoms with Crippen LogP contribution in [0.5, 0.6) is 0 Å². The zero-order chi connectivity index (χ0) is 18.7. The van der Waals surface area contributed by atoms with E-state index in [1.165, 1.54) is 50.2 Å². The van der Waals surface area contributed by atoms with E-state index in [1.807, 2.05) is 24.3 Å². The minimum absolute atomic E-state index is 0.203. The Labute approximate surface area is 152 Å². The van der Waals surface area contributed by atoms with Gasteiger partial charge in [-0.2, -0.15) is 0 Å². The summed E-state index contributed by atoms with van der Waals surface area (Å²) >= 11 is 0. The van der Waals surface area contributed by atoms with Gasteiger partial charge < -0.3 is 5.11 Å². The van der Waals surface area contributed by atoms with E-state index in [-0.39, 0.29) is 5.56 Å². The molecule has 0 bridgehead atoms. The Kier molecular flexibility index (Phi) is 5.70. The first-order valence-electron chi connectivity index (χ1n) is 9.32. The molecule has 2 aromatic carbocycles. The van der Waals surface area contributed by atoms with Crippen molar-refractivity contribution in [3.8, 4) is 11.1 Å². The highest BCUT2D eigenvalue weighted by molar-refractivity contribution is 5.96.